The van der Waals surface area contributed by atoms with Crippen LogP contribution in [0.15, 0.2) is 30.7 Å². The summed E-state index contributed by atoms with van der Waals surface area (Å²) >= 11 is 1.31. The van der Waals surface area contributed by atoms with Crippen molar-refractivity contribution in [2.75, 3.05) is 18.2 Å². The van der Waals surface area contributed by atoms with Gasteiger partial charge < -0.3 is 10.5 Å². The number of amides is 1. The molecule has 0 fully saturated rings. The van der Waals surface area contributed by atoms with E-state index in [1.165, 1.54) is 29.9 Å². The Hall–Kier alpha value is -2.74. The first kappa shape index (κ1) is 13.3. The monoisotopic (exact) mass is 301 g/mol. The number of nitrogens with one attached hydrogen (secondary N) is 1. The summed E-state index contributed by atoms with van der Waals surface area (Å²) in [5.41, 5.74) is 7.26. The molecule has 0 aliphatic rings. The van der Waals surface area contributed by atoms with E-state index in [9.17, 15) is 4.79 Å². The largest absolute Gasteiger partial charge is 0.494 e. The molecule has 0 saturated carbocycles. The number of hydrogen-bond acceptors (Lipinski definition) is 7. The molecule has 7 nitrogen and oxygen atoms in total. The molecule has 0 spiro atoms. The van der Waals surface area contributed by atoms with E-state index < -0.39 is 0 Å². The quantitative estimate of drug-likeness (QED) is 0.716. The number of benzene rings is 1. The van der Waals surface area contributed by atoms with Gasteiger partial charge >= 0.3 is 0 Å². The lowest BCUT2D eigenvalue weighted by atomic mass is 10.3. The number of nitrogens with zero attached hydrogens (tertiary/aromatic N) is 3. The number of methoxy groups -OCH3 is 1. The lowest BCUT2D eigenvalue weighted by Gasteiger charge is -2.01. The van der Waals surface area contributed by atoms with Crippen molar-refractivity contribution < 1.29 is 9.53 Å². The van der Waals surface area contributed by atoms with Crippen LogP contribution in [0.4, 0.5) is 10.8 Å². The third-order valence-corrected chi connectivity index (χ3v) is 3.64. The second-order valence-electron chi connectivity index (χ2n) is 4.13. The van der Waals surface area contributed by atoms with Gasteiger partial charge in [-0.3, -0.25) is 15.1 Å². The van der Waals surface area contributed by atoms with Crippen LogP contribution in [0.1, 0.15) is 10.5 Å². The molecule has 3 N–H and O–H groups in total. The smallest absolute Gasteiger partial charge is 0.277 e. The minimum absolute atomic E-state index is 0.225. The van der Waals surface area contributed by atoms with Crippen LogP contribution >= 0.6 is 11.3 Å². The number of fused-ring (bicyclic) bond motifs is 1. The summed E-state index contributed by atoms with van der Waals surface area (Å²) in [7, 11) is 1.55. The molecular weight excluding hydrogens is 290 g/mol. The van der Waals surface area contributed by atoms with E-state index in [4.69, 9.17) is 10.5 Å². The molecule has 1 aromatic carbocycles. The van der Waals surface area contributed by atoms with Crippen LogP contribution in [0.3, 0.4) is 0 Å². The fraction of sp³-hybridized carbons (Fsp3) is 0.0769. The summed E-state index contributed by atoms with van der Waals surface area (Å²) < 4.78 is 6.07. The molecule has 21 heavy (non-hydrogen) atoms. The Morgan fingerprint density at radius 2 is 2.24 bits per heavy atom. The van der Waals surface area contributed by atoms with Crippen molar-refractivity contribution in [3.8, 4) is 5.75 Å². The first-order valence-corrected chi connectivity index (χ1v) is 6.80. The highest BCUT2D eigenvalue weighted by Crippen LogP contribution is 2.34. The van der Waals surface area contributed by atoms with E-state index in [-0.39, 0.29) is 11.6 Å². The number of aromatic nitrogens is 3. The molecule has 3 aromatic rings. The van der Waals surface area contributed by atoms with Crippen molar-refractivity contribution in [1.82, 2.24) is 15.0 Å². The topological polar surface area (TPSA) is 103 Å². The summed E-state index contributed by atoms with van der Waals surface area (Å²) in [6.07, 6.45) is 4.35. The third-order valence-electron chi connectivity index (χ3n) is 2.72. The number of nitrogens with two attached hydrogens (primary N) is 1. The zero-order valence-corrected chi connectivity index (χ0v) is 11.8. The zero-order chi connectivity index (χ0) is 14.8. The van der Waals surface area contributed by atoms with Gasteiger partial charge in [0.2, 0.25) is 0 Å². The number of ether oxygens (including phenoxy) is 1. The maximum absolute atomic E-state index is 12.0. The van der Waals surface area contributed by atoms with Crippen LogP contribution in [0, 0.1) is 0 Å². The van der Waals surface area contributed by atoms with Crippen molar-refractivity contribution in [3.05, 3.63) is 36.4 Å². The first-order chi connectivity index (χ1) is 10.2. The molecule has 0 bridgehead atoms. The van der Waals surface area contributed by atoms with Gasteiger partial charge in [0.05, 0.1) is 18.0 Å². The lowest BCUT2D eigenvalue weighted by Crippen LogP contribution is -2.13. The van der Waals surface area contributed by atoms with Crippen LogP contribution in [0.2, 0.25) is 0 Å². The van der Waals surface area contributed by atoms with E-state index >= 15 is 0 Å². The van der Waals surface area contributed by atoms with E-state index in [1.54, 1.807) is 19.2 Å². The average molecular weight is 301 g/mol. The molecule has 0 radical (unpaired) electrons. The number of nitrogen functional groups attached to an aromatic ring is 1. The molecule has 0 unspecified atom stereocenters. The summed E-state index contributed by atoms with van der Waals surface area (Å²) in [5.74, 6) is 0.204. The molecular formula is C13H11N5O2S. The van der Waals surface area contributed by atoms with Crippen LogP contribution < -0.4 is 15.8 Å². The summed E-state index contributed by atoms with van der Waals surface area (Å²) in [4.78, 5) is 24.1. The van der Waals surface area contributed by atoms with Gasteiger partial charge in [-0.25, -0.2) is 9.97 Å². The number of carbonyl (C=O) groups is 1. The highest BCUT2D eigenvalue weighted by atomic mass is 32.1. The van der Waals surface area contributed by atoms with E-state index in [2.05, 4.69) is 20.3 Å². The van der Waals surface area contributed by atoms with Crippen LogP contribution in [-0.2, 0) is 0 Å². The van der Waals surface area contributed by atoms with Crippen molar-refractivity contribution in [2.45, 2.75) is 0 Å². The van der Waals surface area contributed by atoms with Crippen LogP contribution in [-0.4, -0.2) is 28.0 Å². The van der Waals surface area contributed by atoms with Gasteiger partial charge in [-0.05, 0) is 6.07 Å². The molecule has 0 atom stereocenters. The first-order valence-electron chi connectivity index (χ1n) is 5.99. The van der Waals surface area contributed by atoms with E-state index in [0.717, 1.165) is 4.70 Å². The van der Waals surface area contributed by atoms with Gasteiger partial charge in [0, 0.05) is 24.1 Å². The Morgan fingerprint density at radius 3 is 2.95 bits per heavy atom. The Labute approximate surface area is 123 Å². The van der Waals surface area contributed by atoms with Gasteiger partial charge in [0.1, 0.15) is 17.0 Å². The van der Waals surface area contributed by atoms with Crippen molar-refractivity contribution in [3.63, 3.8) is 0 Å². The molecule has 0 aliphatic carbocycles. The normalized spacial score (nSPS) is 10.5. The highest BCUT2D eigenvalue weighted by Gasteiger charge is 2.13. The Kier molecular flexibility index (Phi) is 3.36. The standard InChI is InChI=1S/C13H11N5O2S/c1-20-9-4-7(14)5-10-11(9)17-13(21-10)18-12(19)8-6-15-2-3-16-8/h2-6H,14H2,1H3,(H,17,18,19). The number of hydrogen-bond donors (Lipinski definition) is 2. The predicted molar refractivity (Wildman–Crippen MR) is 80.6 cm³/mol. The molecule has 0 saturated heterocycles. The Morgan fingerprint density at radius 1 is 1.38 bits per heavy atom. The molecule has 1 amide bonds. The van der Waals surface area contributed by atoms with Gasteiger partial charge in [-0.15, -0.1) is 0 Å². The highest BCUT2D eigenvalue weighted by molar-refractivity contribution is 7.22. The Bertz CT molecular complexity index is 803. The van der Waals surface area contributed by atoms with Gasteiger partial charge in [0.25, 0.3) is 5.91 Å². The third kappa shape index (κ3) is 2.61. The zero-order valence-electron chi connectivity index (χ0n) is 11.0. The van der Waals surface area contributed by atoms with Gasteiger partial charge in [-0.1, -0.05) is 11.3 Å². The summed E-state index contributed by atoms with van der Waals surface area (Å²) in [6, 6.07) is 3.48. The van der Waals surface area contributed by atoms with Crippen LogP contribution in [0.5, 0.6) is 5.75 Å². The summed E-state index contributed by atoms with van der Waals surface area (Å²) in [6.45, 7) is 0. The molecule has 106 valence electrons. The second kappa shape index (κ2) is 5.33. The molecule has 3 rings (SSSR count). The van der Waals surface area contributed by atoms with Crippen molar-refractivity contribution in [1.29, 1.82) is 0 Å². The van der Waals surface area contributed by atoms with Gasteiger partial charge in [0.15, 0.2) is 5.13 Å². The fourth-order valence-electron chi connectivity index (χ4n) is 1.81. The Balaban J connectivity index is 1.93. The second-order valence-corrected chi connectivity index (χ2v) is 5.16. The summed E-state index contributed by atoms with van der Waals surface area (Å²) in [5, 5.41) is 3.14. The number of rotatable bonds is 3. The fourth-order valence-corrected chi connectivity index (χ4v) is 2.73. The number of thiazole rings is 1. The van der Waals surface area contributed by atoms with Crippen LogP contribution in [0.25, 0.3) is 10.2 Å². The molecule has 2 aromatic heterocycles. The number of anilines is 2. The maximum Gasteiger partial charge on any atom is 0.277 e. The lowest BCUT2D eigenvalue weighted by molar-refractivity contribution is 0.102. The molecule has 2 heterocycles. The van der Waals surface area contributed by atoms with E-state index in [1.807, 2.05) is 0 Å². The van der Waals surface area contributed by atoms with Gasteiger partial charge in [-0.2, -0.15) is 0 Å². The maximum atomic E-state index is 12.0. The van der Waals surface area contributed by atoms with Crippen molar-refractivity contribution in [2.24, 2.45) is 0 Å². The SMILES string of the molecule is COc1cc(N)cc2sc(NC(=O)c3cnccn3)nc12. The van der Waals surface area contributed by atoms with E-state index in [0.29, 0.717) is 22.1 Å². The molecule has 8 heteroatoms. The average Bonchev–Trinajstić information content (AvgIpc) is 2.89. The molecule has 0 aliphatic heterocycles. The van der Waals surface area contributed by atoms with Crippen molar-refractivity contribution >= 4 is 38.3 Å². The minimum atomic E-state index is -0.367. The minimum Gasteiger partial charge on any atom is -0.494 e. The number of carbonyl (C=O) groups excluding carboxylic acids is 1. The predicted octanol–water partition coefficient (Wildman–Crippen LogP) is 1.93.